The van der Waals surface area contributed by atoms with Crippen LogP contribution in [0.1, 0.15) is 12.5 Å². The number of carbonyl (C=O) groups excluding carboxylic acids is 2. The van der Waals surface area contributed by atoms with E-state index in [2.05, 4.69) is 10.4 Å². The molecule has 10 nitrogen and oxygen atoms in total. The number of amides is 2. The number of hydrazone groups is 1. The SMILES string of the molecule is CCOc1cc(/C=N\NC(=O)C(=O)Nc2ccccc2F)cc([N+](=O)[O-])c1[O-]. The van der Waals surface area contributed by atoms with Crippen LogP contribution in [0.2, 0.25) is 0 Å². The zero-order chi connectivity index (χ0) is 20.7. The van der Waals surface area contributed by atoms with Crippen molar-refractivity contribution < 1.29 is 28.7 Å². The number of hydrogen-bond donors (Lipinski definition) is 2. The fraction of sp³-hybridized carbons (Fsp3) is 0.118. The zero-order valence-electron chi connectivity index (χ0n) is 14.5. The van der Waals surface area contributed by atoms with E-state index in [4.69, 9.17) is 4.74 Å². The third-order valence-electron chi connectivity index (χ3n) is 3.26. The number of nitrogens with one attached hydrogen (secondary N) is 2. The maximum absolute atomic E-state index is 13.5. The van der Waals surface area contributed by atoms with Gasteiger partial charge in [-0.25, -0.2) is 9.82 Å². The van der Waals surface area contributed by atoms with E-state index >= 15 is 0 Å². The second kappa shape index (κ2) is 9.07. The van der Waals surface area contributed by atoms with E-state index in [-0.39, 0.29) is 23.6 Å². The van der Waals surface area contributed by atoms with E-state index < -0.39 is 34.0 Å². The smallest absolute Gasteiger partial charge is 0.329 e. The van der Waals surface area contributed by atoms with Gasteiger partial charge >= 0.3 is 11.8 Å². The van der Waals surface area contributed by atoms with Gasteiger partial charge in [0, 0.05) is 17.4 Å². The highest BCUT2D eigenvalue weighted by Crippen LogP contribution is 2.34. The van der Waals surface area contributed by atoms with Crippen LogP contribution in [0.15, 0.2) is 41.5 Å². The molecule has 0 spiro atoms. The van der Waals surface area contributed by atoms with Crippen LogP contribution >= 0.6 is 0 Å². The van der Waals surface area contributed by atoms with Gasteiger partial charge < -0.3 is 15.2 Å². The Kier molecular flexibility index (Phi) is 6.58. The summed E-state index contributed by atoms with van der Waals surface area (Å²) in [4.78, 5) is 33.5. The molecule has 0 unspecified atom stereocenters. The number of carbonyl (C=O) groups is 2. The fourth-order valence-electron chi connectivity index (χ4n) is 2.04. The molecular formula is C17H14FN4O6-. The molecule has 11 heteroatoms. The lowest BCUT2D eigenvalue weighted by Crippen LogP contribution is -2.32. The Labute approximate surface area is 157 Å². The number of para-hydroxylation sites is 1. The number of hydrogen-bond acceptors (Lipinski definition) is 7. The van der Waals surface area contributed by atoms with Gasteiger partial charge in [0.1, 0.15) is 11.6 Å². The molecule has 0 bridgehead atoms. The number of benzene rings is 2. The van der Waals surface area contributed by atoms with Gasteiger partial charge in [0.2, 0.25) is 0 Å². The van der Waals surface area contributed by atoms with Crippen molar-refractivity contribution in [1.29, 1.82) is 0 Å². The van der Waals surface area contributed by atoms with Crippen LogP contribution in [-0.2, 0) is 9.59 Å². The van der Waals surface area contributed by atoms with Crippen molar-refractivity contribution in [3.63, 3.8) is 0 Å². The summed E-state index contributed by atoms with van der Waals surface area (Å²) < 4.78 is 18.5. The highest BCUT2D eigenvalue weighted by Gasteiger charge is 2.15. The van der Waals surface area contributed by atoms with Crippen molar-refractivity contribution in [3.8, 4) is 11.5 Å². The number of halogens is 1. The van der Waals surface area contributed by atoms with Gasteiger partial charge in [0.15, 0.2) is 0 Å². The van der Waals surface area contributed by atoms with E-state index in [1.807, 2.05) is 5.43 Å². The van der Waals surface area contributed by atoms with Crippen LogP contribution in [0.25, 0.3) is 0 Å². The van der Waals surface area contributed by atoms with Crippen molar-refractivity contribution in [2.24, 2.45) is 5.10 Å². The normalized spacial score (nSPS) is 10.5. The molecule has 0 saturated heterocycles. The first kappa shape index (κ1) is 20.3. The molecule has 2 aromatic rings. The molecule has 0 saturated carbocycles. The van der Waals surface area contributed by atoms with Gasteiger partial charge in [0.25, 0.3) is 5.69 Å². The Morgan fingerprint density at radius 3 is 2.64 bits per heavy atom. The van der Waals surface area contributed by atoms with E-state index in [0.717, 1.165) is 18.3 Å². The third kappa shape index (κ3) is 5.00. The monoisotopic (exact) mass is 389 g/mol. The predicted molar refractivity (Wildman–Crippen MR) is 94.5 cm³/mol. The lowest BCUT2D eigenvalue weighted by molar-refractivity contribution is -0.398. The molecule has 2 aromatic carbocycles. The van der Waals surface area contributed by atoms with E-state index in [1.165, 1.54) is 24.3 Å². The van der Waals surface area contributed by atoms with Crippen molar-refractivity contribution in [3.05, 3.63) is 57.9 Å². The quantitative estimate of drug-likeness (QED) is 0.329. The van der Waals surface area contributed by atoms with Gasteiger partial charge in [-0.3, -0.25) is 19.7 Å². The molecule has 0 radical (unpaired) electrons. The Morgan fingerprint density at radius 2 is 2.00 bits per heavy atom. The highest BCUT2D eigenvalue weighted by molar-refractivity contribution is 6.39. The van der Waals surface area contributed by atoms with Crippen LogP contribution in [0.5, 0.6) is 11.5 Å². The molecule has 146 valence electrons. The summed E-state index contributed by atoms with van der Waals surface area (Å²) in [5, 5.41) is 28.4. The number of nitrogens with zero attached hydrogens (tertiary/aromatic N) is 2. The number of rotatable bonds is 6. The average Bonchev–Trinajstić information content (AvgIpc) is 2.65. The Hall–Kier alpha value is -4.02. The second-order valence-corrected chi connectivity index (χ2v) is 5.19. The molecule has 0 atom stereocenters. The first-order valence-electron chi connectivity index (χ1n) is 7.84. The average molecular weight is 389 g/mol. The standard InChI is InChI=1S/C17H15FN4O6/c1-2-28-14-8-10(7-13(15(14)23)22(26)27)9-19-21-17(25)16(24)20-12-6-4-3-5-11(12)18/h3-9,23H,2H2,1H3,(H,20,24)(H,21,25)/p-1/b19-9-. The molecular weight excluding hydrogens is 375 g/mol. The first-order chi connectivity index (χ1) is 13.3. The number of ether oxygens (including phenoxy) is 1. The van der Waals surface area contributed by atoms with Crippen LogP contribution in [0.4, 0.5) is 15.8 Å². The highest BCUT2D eigenvalue weighted by atomic mass is 19.1. The minimum atomic E-state index is -1.19. The van der Waals surface area contributed by atoms with Crippen LogP contribution in [-0.4, -0.2) is 29.6 Å². The van der Waals surface area contributed by atoms with Crippen LogP contribution in [0.3, 0.4) is 0 Å². The molecule has 28 heavy (non-hydrogen) atoms. The lowest BCUT2D eigenvalue weighted by atomic mass is 10.2. The van der Waals surface area contributed by atoms with E-state index in [1.54, 1.807) is 6.92 Å². The Balaban J connectivity index is 2.09. The van der Waals surface area contributed by atoms with Crippen molar-refractivity contribution in [2.45, 2.75) is 6.92 Å². The molecule has 0 aromatic heterocycles. The summed E-state index contributed by atoms with van der Waals surface area (Å²) in [5.41, 5.74) is 1.07. The van der Waals surface area contributed by atoms with E-state index in [0.29, 0.717) is 0 Å². The molecule has 0 aliphatic carbocycles. The summed E-state index contributed by atoms with van der Waals surface area (Å²) in [6, 6.07) is 7.40. The second-order valence-electron chi connectivity index (χ2n) is 5.19. The summed E-state index contributed by atoms with van der Waals surface area (Å²) in [5.74, 6) is -4.22. The van der Waals surface area contributed by atoms with Crippen molar-refractivity contribution in [1.82, 2.24) is 5.43 Å². The number of nitro benzene ring substituents is 1. The summed E-state index contributed by atoms with van der Waals surface area (Å²) >= 11 is 0. The minimum Gasteiger partial charge on any atom is -0.865 e. The lowest BCUT2D eigenvalue weighted by Gasteiger charge is -2.14. The maximum atomic E-state index is 13.5. The topological polar surface area (TPSA) is 146 Å². The molecule has 2 rings (SSSR count). The van der Waals surface area contributed by atoms with Gasteiger partial charge in [0.05, 0.1) is 23.4 Å². The molecule has 2 N–H and O–H groups in total. The van der Waals surface area contributed by atoms with Crippen molar-refractivity contribution >= 4 is 29.4 Å². The number of nitro groups is 1. The van der Waals surface area contributed by atoms with E-state index in [9.17, 15) is 29.2 Å². The van der Waals surface area contributed by atoms with Crippen LogP contribution in [0, 0.1) is 15.9 Å². The van der Waals surface area contributed by atoms with Crippen molar-refractivity contribution in [2.75, 3.05) is 11.9 Å². The molecule has 0 aliphatic heterocycles. The maximum Gasteiger partial charge on any atom is 0.329 e. The Morgan fingerprint density at radius 1 is 1.29 bits per heavy atom. The summed E-state index contributed by atoms with van der Waals surface area (Å²) in [6.07, 6.45) is 0.989. The molecule has 0 fully saturated rings. The third-order valence-corrected chi connectivity index (χ3v) is 3.26. The van der Waals surface area contributed by atoms with Gasteiger partial charge in [-0.2, -0.15) is 5.10 Å². The molecule has 2 amide bonds. The van der Waals surface area contributed by atoms with Gasteiger partial charge in [-0.05, 0) is 25.1 Å². The molecule has 0 aliphatic rings. The largest absolute Gasteiger partial charge is 0.865 e. The predicted octanol–water partition coefficient (Wildman–Crippen LogP) is 1.29. The molecule has 0 heterocycles. The van der Waals surface area contributed by atoms with Gasteiger partial charge in [-0.1, -0.05) is 12.1 Å². The summed E-state index contributed by atoms with van der Waals surface area (Å²) in [7, 11) is 0. The number of anilines is 1. The fourth-order valence-corrected chi connectivity index (χ4v) is 2.04. The zero-order valence-corrected chi connectivity index (χ0v) is 14.5. The minimum absolute atomic E-state index is 0.0876. The summed E-state index contributed by atoms with van der Waals surface area (Å²) in [6.45, 7) is 1.71. The Bertz CT molecular complexity index is 947. The van der Waals surface area contributed by atoms with Crippen LogP contribution < -0.4 is 20.6 Å². The first-order valence-corrected chi connectivity index (χ1v) is 7.84. The van der Waals surface area contributed by atoms with Gasteiger partial charge in [-0.15, -0.1) is 0 Å².